The topological polar surface area (TPSA) is 24.9 Å². The first-order valence-corrected chi connectivity index (χ1v) is 6.51. The number of pyridine rings is 1. The maximum atomic E-state index is 4.54. The Morgan fingerprint density at radius 3 is 3.00 bits per heavy atom. The Morgan fingerprint density at radius 1 is 1.47 bits per heavy atom. The van der Waals surface area contributed by atoms with Crippen LogP contribution in [0, 0.1) is 19.8 Å². The van der Waals surface area contributed by atoms with Crippen LogP contribution in [0.3, 0.4) is 0 Å². The van der Waals surface area contributed by atoms with Gasteiger partial charge in [-0.2, -0.15) is 0 Å². The van der Waals surface area contributed by atoms with Crippen LogP contribution < -0.4 is 5.32 Å². The van der Waals surface area contributed by atoms with E-state index in [1.165, 1.54) is 35.9 Å². The fourth-order valence-corrected chi connectivity index (χ4v) is 3.11. The average molecular weight is 222 g/mol. The summed E-state index contributed by atoms with van der Waals surface area (Å²) in [7, 11) is 0. The van der Waals surface area contributed by atoms with Gasteiger partial charge in [-0.3, -0.25) is 0 Å². The van der Waals surface area contributed by atoms with E-state index in [4.69, 9.17) is 0 Å². The molecule has 1 atom stereocenters. The van der Waals surface area contributed by atoms with Gasteiger partial charge in [0.2, 0.25) is 0 Å². The first-order chi connectivity index (χ1) is 7.24. The molecule has 3 heteroatoms. The van der Waals surface area contributed by atoms with Crippen LogP contribution in [0.15, 0.2) is 17.2 Å². The standard InChI is InChI=1S/C12H18N2S/c1-9-5-10(2)14-12(6-9)15-8-11-3-4-13-7-11/h5-6,11,13H,3-4,7-8H2,1-2H3. The summed E-state index contributed by atoms with van der Waals surface area (Å²) in [6, 6.07) is 4.31. The van der Waals surface area contributed by atoms with Crippen LogP contribution in [0.25, 0.3) is 0 Å². The van der Waals surface area contributed by atoms with E-state index in [0.29, 0.717) is 0 Å². The number of hydrogen-bond acceptors (Lipinski definition) is 3. The number of aryl methyl sites for hydroxylation is 2. The quantitative estimate of drug-likeness (QED) is 0.795. The van der Waals surface area contributed by atoms with Gasteiger partial charge in [-0.1, -0.05) is 0 Å². The second kappa shape index (κ2) is 4.99. The van der Waals surface area contributed by atoms with E-state index in [2.05, 4.69) is 36.3 Å². The van der Waals surface area contributed by atoms with Crippen molar-refractivity contribution >= 4 is 11.8 Å². The monoisotopic (exact) mass is 222 g/mol. The van der Waals surface area contributed by atoms with Crippen LogP contribution in [0.5, 0.6) is 0 Å². The minimum Gasteiger partial charge on any atom is -0.316 e. The normalized spacial score (nSPS) is 20.8. The Balaban J connectivity index is 1.92. The molecular weight excluding hydrogens is 204 g/mol. The number of rotatable bonds is 3. The average Bonchev–Trinajstić information content (AvgIpc) is 2.65. The summed E-state index contributed by atoms with van der Waals surface area (Å²) in [4.78, 5) is 4.54. The Labute approximate surface area is 95.9 Å². The molecule has 1 fully saturated rings. The van der Waals surface area contributed by atoms with Crippen molar-refractivity contribution in [2.75, 3.05) is 18.8 Å². The lowest BCUT2D eigenvalue weighted by molar-refractivity contribution is 0.662. The second-order valence-electron chi connectivity index (χ2n) is 4.29. The summed E-state index contributed by atoms with van der Waals surface area (Å²) < 4.78 is 0. The summed E-state index contributed by atoms with van der Waals surface area (Å²) in [5.41, 5.74) is 2.44. The third-order valence-corrected chi connectivity index (χ3v) is 3.85. The van der Waals surface area contributed by atoms with E-state index in [1.807, 2.05) is 11.8 Å². The zero-order valence-corrected chi connectivity index (χ0v) is 10.2. The van der Waals surface area contributed by atoms with Crippen molar-refractivity contribution in [3.8, 4) is 0 Å². The minimum absolute atomic E-state index is 0.831. The Morgan fingerprint density at radius 2 is 2.33 bits per heavy atom. The molecule has 1 aliphatic heterocycles. The van der Waals surface area contributed by atoms with Gasteiger partial charge in [-0.25, -0.2) is 4.98 Å². The number of aromatic nitrogens is 1. The van der Waals surface area contributed by atoms with Gasteiger partial charge < -0.3 is 5.32 Å². The van der Waals surface area contributed by atoms with Crippen molar-refractivity contribution in [1.29, 1.82) is 0 Å². The molecule has 0 bridgehead atoms. The highest BCUT2D eigenvalue weighted by Crippen LogP contribution is 2.22. The van der Waals surface area contributed by atoms with E-state index < -0.39 is 0 Å². The van der Waals surface area contributed by atoms with Gasteiger partial charge in [-0.15, -0.1) is 11.8 Å². The molecule has 0 amide bonds. The number of nitrogens with zero attached hydrogens (tertiary/aromatic N) is 1. The van der Waals surface area contributed by atoms with E-state index in [9.17, 15) is 0 Å². The third-order valence-electron chi connectivity index (χ3n) is 2.70. The van der Waals surface area contributed by atoms with Crippen molar-refractivity contribution in [1.82, 2.24) is 10.3 Å². The zero-order chi connectivity index (χ0) is 10.7. The molecule has 0 radical (unpaired) electrons. The van der Waals surface area contributed by atoms with Crippen molar-refractivity contribution in [3.63, 3.8) is 0 Å². The van der Waals surface area contributed by atoms with Crippen LogP contribution in [0.2, 0.25) is 0 Å². The van der Waals surface area contributed by atoms with Crippen LogP contribution in [-0.2, 0) is 0 Å². The zero-order valence-electron chi connectivity index (χ0n) is 9.42. The maximum Gasteiger partial charge on any atom is 0.0965 e. The van der Waals surface area contributed by atoms with Crippen molar-refractivity contribution < 1.29 is 0 Å². The molecule has 82 valence electrons. The predicted molar refractivity (Wildman–Crippen MR) is 65.4 cm³/mol. The smallest absolute Gasteiger partial charge is 0.0965 e. The Hall–Kier alpha value is -0.540. The summed E-state index contributed by atoms with van der Waals surface area (Å²) in [6.45, 7) is 6.56. The summed E-state index contributed by atoms with van der Waals surface area (Å²) in [5, 5.41) is 4.58. The fraction of sp³-hybridized carbons (Fsp3) is 0.583. The highest BCUT2D eigenvalue weighted by Gasteiger charge is 2.14. The molecule has 15 heavy (non-hydrogen) atoms. The van der Waals surface area contributed by atoms with Crippen LogP contribution >= 0.6 is 11.8 Å². The maximum absolute atomic E-state index is 4.54. The van der Waals surface area contributed by atoms with Crippen molar-refractivity contribution in [2.24, 2.45) is 5.92 Å². The summed E-state index contributed by atoms with van der Waals surface area (Å²) >= 11 is 1.89. The van der Waals surface area contributed by atoms with Gasteiger partial charge >= 0.3 is 0 Å². The molecule has 1 saturated heterocycles. The Bertz CT molecular complexity index is 312. The van der Waals surface area contributed by atoms with Gasteiger partial charge in [0.1, 0.15) is 0 Å². The lowest BCUT2D eigenvalue weighted by atomic mass is 10.2. The molecule has 1 aromatic rings. The first kappa shape index (κ1) is 11.0. The largest absolute Gasteiger partial charge is 0.316 e. The molecule has 0 saturated carbocycles. The van der Waals surface area contributed by atoms with Crippen LogP contribution in [-0.4, -0.2) is 23.8 Å². The van der Waals surface area contributed by atoms with Gasteiger partial charge in [0.05, 0.1) is 5.03 Å². The minimum atomic E-state index is 0.831. The molecule has 0 aromatic carbocycles. The van der Waals surface area contributed by atoms with Gasteiger partial charge in [0.25, 0.3) is 0 Å². The SMILES string of the molecule is Cc1cc(C)nc(SCC2CCNC2)c1. The molecule has 2 nitrogen and oxygen atoms in total. The van der Waals surface area contributed by atoms with Gasteiger partial charge in [0.15, 0.2) is 0 Å². The van der Waals surface area contributed by atoms with E-state index in [0.717, 1.165) is 11.6 Å². The lowest BCUT2D eigenvalue weighted by Crippen LogP contribution is -2.10. The molecular formula is C12H18N2S. The highest BCUT2D eigenvalue weighted by atomic mass is 32.2. The molecule has 1 unspecified atom stereocenters. The van der Waals surface area contributed by atoms with Crippen molar-refractivity contribution in [2.45, 2.75) is 25.3 Å². The van der Waals surface area contributed by atoms with Gasteiger partial charge in [0, 0.05) is 11.4 Å². The van der Waals surface area contributed by atoms with Gasteiger partial charge in [-0.05, 0) is 57.0 Å². The number of nitrogens with one attached hydrogen (secondary N) is 1. The predicted octanol–water partition coefficient (Wildman–Crippen LogP) is 2.40. The van der Waals surface area contributed by atoms with Crippen LogP contribution in [0.1, 0.15) is 17.7 Å². The van der Waals surface area contributed by atoms with E-state index in [-0.39, 0.29) is 0 Å². The van der Waals surface area contributed by atoms with E-state index >= 15 is 0 Å². The Kier molecular flexibility index (Phi) is 3.65. The van der Waals surface area contributed by atoms with E-state index in [1.54, 1.807) is 0 Å². The molecule has 1 aliphatic rings. The molecule has 1 N–H and O–H groups in total. The number of hydrogen-bond donors (Lipinski definition) is 1. The molecule has 0 aliphatic carbocycles. The summed E-state index contributed by atoms with van der Waals surface area (Å²) in [6.07, 6.45) is 1.32. The van der Waals surface area contributed by atoms with Crippen LogP contribution in [0.4, 0.5) is 0 Å². The fourth-order valence-electron chi connectivity index (χ4n) is 1.94. The third kappa shape index (κ3) is 3.21. The summed E-state index contributed by atoms with van der Waals surface area (Å²) in [5.74, 6) is 2.03. The molecule has 2 heterocycles. The molecule has 0 spiro atoms. The molecule has 1 aromatic heterocycles. The second-order valence-corrected chi connectivity index (χ2v) is 5.33. The highest BCUT2D eigenvalue weighted by molar-refractivity contribution is 7.99. The first-order valence-electron chi connectivity index (χ1n) is 5.53. The lowest BCUT2D eigenvalue weighted by Gasteiger charge is -2.08. The van der Waals surface area contributed by atoms with Crippen molar-refractivity contribution in [3.05, 3.63) is 23.4 Å². The number of thioether (sulfide) groups is 1. The molecule has 2 rings (SSSR count).